The molecular weight excluding hydrogens is 218 g/mol. The third-order valence-electron chi connectivity index (χ3n) is 3.84. The lowest BCUT2D eigenvalue weighted by Gasteiger charge is -2.25. The van der Waals surface area contributed by atoms with E-state index in [1.807, 2.05) is 0 Å². The van der Waals surface area contributed by atoms with Gasteiger partial charge in [0.1, 0.15) is 0 Å². The molecule has 0 amide bonds. The molecule has 2 aromatic carbocycles. The minimum atomic E-state index is 0.208. The van der Waals surface area contributed by atoms with Gasteiger partial charge in [-0.1, -0.05) is 54.6 Å². The SMILES string of the molecule is CC1(NCc2ccccc2)Cc2ccccc2C1. The molecule has 1 heteroatoms. The van der Waals surface area contributed by atoms with Crippen molar-refractivity contribution in [3.63, 3.8) is 0 Å². The number of hydrogen-bond acceptors (Lipinski definition) is 1. The fourth-order valence-corrected chi connectivity index (χ4v) is 2.84. The number of nitrogens with one attached hydrogen (secondary N) is 1. The highest BCUT2D eigenvalue weighted by atomic mass is 15.0. The van der Waals surface area contributed by atoms with Crippen molar-refractivity contribution in [3.8, 4) is 0 Å². The summed E-state index contributed by atoms with van der Waals surface area (Å²) in [4.78, 5) is 0. The van der Waals surface area contributed by atoms with Crippen molar-refractivity contribution in [1.29, 1.82) is 0 Å². The molecule has 0 unspecified atom stereocenters. The summed E-state index contributed by atoms with van der Waals surface area (Å²) < 4.78 is 0. The van der Waals surface area contributed by atoms with Gasteiger partial charge in [-0.25, -0.2) is 0 Å². The van der Waals surface area contributed by atoms with Crippen LogP contribution in [0, 0.1) is 0 Å². The van der Waals surface area contributed by atoms with E-state index in [1.54, 1.807) is 0 Å². The number of benzene rings is 2. The molecule has 0 atom stereocenters. The van der Waals surface area contributed by atoms with Gasteiger partial charge < -0.3 is 5.32 Å². The Bertz CT molecular complexity index is 505. The molecule has 0 bridgehead atoms. The fourth-order valence-electron chi connectivity index (χ4n) is 2.84. The van der Waals surface area contributed by atoms with Crippen molar-refractivity contribution >= 4 is 0 Å². The Morgan fingerprint density at radius 3 is 2.06 bits per heavy atom. The first-order chi connectivity index (χ1) is 8.75. The number of rotatable bonds is 3. The van der Waals surface area contributed by atoms with Crippen LogP contribution in [0.2, 0.25) is 0 Å². The fraction of sp³-hybridized carbons (Fsp3) is 0.294. The Balaban J connectivity index is 1.68. The van der Waals surface area contributed by atoms with E-state index in [0.717, 1.165) is 19.4 Å². The van der Waals surface area contributed by atoms with Crippen LogP contribution in [0.15, 0.2) is 54.6 Å². The molecular formula is C17H19N. The molecule has 0 saturated carbocycles. The van der Waals surface area contributed by atoms with Gasteiger partial charge in [0.15, 0.2) is 0 Å². The summed E-state index contributed by atoms with van der Waals surface area (Å²) in [5, 5.41) is 3.72. The monoisotopic (exact) mass is 237 g/mol. The minimum Gasteiger partial charge on any atom is -0.307 e. The lowest BCUT2D eigenvalue weighted by Crippen LogP contribution is -2.42. The first-order valence-corrected chi connectivity index (χ1v) is 6.61. The lowest BCUT2D eigenvalue weighted by atomic mass is 9.98. The van der Waals surface area contributed by atoms with E-state index in [0.29, 0.717) is 0 Å². The second-order valence-electron chi connectivity index (χ2n) is 5.52. The Labute approximate surface area is 109 Å². The van der Waals surface area contributed by atoms with Gasteiger partial charge in [-0.3, -0.25) is 0 Å². The van der Waals surface area contributed by atoms with Crippen LogP contribution in [0.3, 0.4) is 0 Å². The average Bonchev–Trinajstić information content (AvgIpc) is 2.74. The number of fused-ring (bicyclic) bond motifs is 1. The molecule has 0 fully saturated rings. The van der Waals surface area contributed by atoms with E-state index >= 15 is 0 Å². The van der Waals surface area contributed by atoms with Crippen LogP contribution < -0.4 is 5.32 Å². The summed E-state index contributed by atoms with van der Waals surface area (Å²) in [6.45, 7) is 3.28. The Morgan fingerprint density at radius 1 is 0.889 bits per heavy atom. The molecule has 0 aromatic heterocycles. The third kappa shape index (κ3) is 2.32. The molecule has 18 heavy (non-hydrogen) atoms. The van der Waals surface area contributed by atoms with Crippen molar-refractivity contribution in [2.75, 3.05) is 0 Å². The molecule has 92 valence electrons. The van der Waals surface area contributed by atoms with Gasteiger partial charge in [-0.05, 0) is 36.5 Å². The van der Waals surface area contributed by atoms with Crippen LogP contribution in [0.5, 0.6) is 0 Å². The normalized spacial score (nSPS) is 16.5. The first-order valence-electron chi connectivity index (χ1n) is 6.61. The second-order valence-corrected chi connectivity index (χ2v) is 5.52. The van der Waals surface area contributed by atoms with E-state index in [9.17, 15) is 0 Å². The van der Waals surface area contributed by atoms with Gasteiger partial charge in [0.2, 0.25) is 0 Å². The Kier molecular flexibility index (Phi) is 2.92. The molecule has 2 aromatic rings. The molecule has 0 spiro atoms. The maximum atomic E-state index is 3.72. The standard InChI is InChI=1S/C17H19N/c1-17(18-13-14-7-3-2-4-8-14)11-15-9-5-6-10-16(15)12-17/h2-10,18H,11-13H2,1H3. The van der Waals surface area contributed by atoms with Crippen LogP contribution in [0.1, 0.15) is 23.6 Å². The van der Waals surface area contributed by atoms with Crippen molar-refractivity contribution < 1.29 is 0 Å². The first kappa shape index (κ1) is 11.5. The topological polar surface area (TPSA) is 12.0 Å². The molecule has 1 aliphatic rings. The van der Waals surface area contributed by atoms with E-state index in [2.05, 4.69) is 66.8 Å². The highest BCUT2D eigenvalue weighted by molar-refractivity contribution is 5.35. The van der Waals surface area contributed by atoms with Crippen LogP contribution >= 0.6 is 0 Å². The van der Waals surface area contributed by atoms with Gasteiger partial charge >= 0.3 is 0 Å². The van der Waals surface area contributed by atoms with Gasteiger partial charge in [0, 0.05) is 12.1 Å². The Morgan fingerprint density at radius 2 is 1.44 bits per heavy atom. The second kappa shape index (κ2) is 4.58. The quantitative estimate of drug-likeness (QED) is 0.863. The summed E-state index contributed by atoms with van der Waals surface area (Å²) in [6.07, 6.45) is 2.27. The molecule has 1 aliphatic carbocycles. The van der Waals surface area contributed by atoms with Crippen LogP contribution in [-0.4, -0.2) is 5.54 Å². The van der Waals surface area contributed by atoms with Gasteiger partial charge in [0.05, 0.1) is 0 Å². The van der Waals surface area contributed by atoms with E-state index < -0.39 is 0 Å². The van der Waals surface area contributed by atoms with Crippen molar-refractivity contribution in [1.82, 2.24) is 5.32 Å². The average molecular weight is 237 g/mol. The zero-order valence-corrected chi connectivity index (χ0v) is 10.8. The summed E-state index contributed by atoms with van der Waals surface area (Å²) in [5.74, 6) is 0. The van der Waals surface area contributed by atoms with Crippen molar-refractivity contribution in [3.05, 3.63) is 71.3 Å². The molecule has 0 heterocycles. The molecule has 0 radical (unpaired) electrons. The van der Waals surface area contributed by atoms with Gasteiger partial charge in [0.25, 0.3) is 0 Å². The summed E-state index contributed by atoms with van der Waals surface area (Å²) in [7, 11) is 0. The molecule has 0 aliphatic heterocycles. The highest BCUT2D eigenvalue weighted by Crippen LogP contribution is 2.29. The highest BCUT2D eigenvalue weighted by Gasteiger charge is 2.31. The predicted molar refractivity (Wildman–Crippen MR) is 75.5 cm³/mol. The molecule has 3 rings (SSSR count). The largest absolute Gasteiger partial charge is 0.307 e. The van der Waals surface area contributed by atoms with Crippen molar-refractivity contribution in [2.45, 2.75) is 31.8 Å². The number of hydrogen-bond donors (Lipinski definition) is 1. The summed E-state index contributed by atoms with van der Waals surface area (Å²) in [6, 6.07) is 19.4. The van der Waals surface area contributed by atoms with Crippen LogP contribution in [0.4, 0.5) is 0 Å². The minimum absolute atomic E-state index is 0.208. The van der Waals surface area contributed by atoms with Gasteiger partial charge in [-0.2, -0.15) is 0 Å². The predicted octanol–water partition coefficient (Wildman–Crippen LogP) is 3.33. The van der Waals surface area contributed by atoms with E-state index in [1.165, 1.54) is 16.7 Å². The third-order valence-corrected chi connectivity index (χ3v) is 3.84. The van der Waals surface area contributed by atoms with Crippen LogP contribution in [-0.2, 0) is 19.4 Å². The molecule has 1 N–H and O–H groups in total. The smallest absolute Gasteiger partial charge is 0.0237 e. The van der Waals surface area contributed by atoms with E-state index in [4.69, 9.17) is 0 Å². The maximum Gasteiger partial charge on any atom is 0.0237 e. The van der Waals surface area contributed by atoms with Crippen LogP contribution in [0.25, 0.3) is 0 Å². The lowest BCUT2D eigenvalue weighted by molar-refractivity contribution is 0.370. The summed E-state index contributed by atoms with van der Waals surface area (Å²) in [5.41, 5.74) is 4.57. The summed E-state index contributed by atoms with van der Waals surface area (Å²) >= 11 is 0. The Hall–Kier alpha value is -1.60. The van der Waals surface area contributed by atoms with Crippen molar-refractivity contribution in [2.24, 2.45) is 0 Å². The van der Waals surface area contributed by atoms with E-state index in [-0.39, 0.29) is 5.54 Å². The zero-order chi connectivity index (χ0) is 12.4. The maximum absolute atomic E-state index is 3.72. The molecule has 0 saturated heterocycles. The molecule has 1 nitrogen and oxygen atoms in total. The van der Waals surface area contributed by atoms with Gasteiger partial charge in [-0.15, -0.1) is 0 Å². The zero-order valence-electron chi connectivity index (χ0n) is 10.8.